The van der Waals surface area contributed by atoms with Crippen molar-refractivity contribution in [3.05, 3.63) is 64.1 Å². The normalized spacial score (nSPS) is 16.9. The molecule has 6 heteroatoms. The quantitative estimate of drug-likeness (QED) is 0.629. The maximum atomic E-state index is 13.0. The van der Waals surface area contributed by atoms with E-state index in [1.807, 2.05) is 31.3 Å². The highest BCUT2D eigenvalue weighted by atomic mass is 16.5. The van der Waals surface area contributed by atoms with Crippen LogP contribution in [0.3, 0.4) is 0 Å². The summed E-state index contributed by atoms with van der Waals surface area (Å²) in [7, 11) is 3.20. The molecule has 2 aromatic heterocycles. The Balaban J connectivity index is 1.53. The minimum atomic E-state index is -0.0873. The van der Waals surface area contributed by atoms with Crippen molar-refractivity contribution in [1.82, 2.24) is 14.3 Å². The van der Waals surface area contributed by atoms with E-state index in [0.29, 0.717) is 22.8 Å². The van der Waals surface area contributed by atoms with E-state index in [2.05, 4.69) is 17.0 Å². The molecular weight excluding hydrogens is 390 g/mol. The third kappa shape index (κ3) is 3.72. The van der Waals surface area contributed by atoms with Gasteiger partial charge in [0.2, 0.25) is 0 Å². The summed E-state index contributed by atoms with van der Waals surface area (Å²) in [6.45, 7) is 4.12. The molecule has 5 rings (SSSR count). The molecule has 0 amide bonds. The minimum absolute atomic E-state index is 0.0873. The summed E-state index contributed by atoms with van der Waals surface area (Å²) in [6.07, 6.45) is 7.95. The molecule has 0 atom stereocenters. The van der Waals surface area contributed by atoms with Crippen molar-refractivity contribution < 1.29 is 9.47 Å². The number of rotatable bonds is 5. The van der Waals surface area contributed by atoms with Gasteiger partial charge in [-0.05, 0) is 67.2 Å². The van der Waals surface area contributed by atoms with Gasteiger partial charge in [0.15, 0.2) is 11.5 Å². The van der Waals surface area contributed by atoms with Crippen molar-refractivity contribution in [3.8, 4) is 22.8 Å². The van der Waals surface area contributed by atoms with Crippen molar-refractivity contribution in [1.29, 1.82) is 0 Å². The predicted molar refractivity (Wildman–Crippen MR) is 122 cm³/mol. The molecule has 0 unspecified atom stereocenters. The summed E-state index contributed by atoms with van der Waals surface area (Å²) in [5, 5.41) is 0. The lowest BCUT2D eigenvalue weighted by atomic mass is 9.99. The number of fused-ring (bicyclic) bond motifs is 1. The van der Waals surface area contributed by atoms with E-state index in [4.69, 9.17) is 14.5 Å². The summed E-state index contributed by atoms with van der Waals surface area (Å²) in [5.41, 5.74) is 5.45. The van der Waals surface area contributed by atoms with Gasteiger partial charge in [0.05, 0.1) is 19.9 Å². The van der Waals surface area contributed by atoms with Crippen molar-refractivity contribution in [2.45, 2.75) is 32.2 Å². The number of pyridine rings is 1. The van der Waals surface area contributed by atoms with Gasteiger partial charge in [-0.1, -0.05) is 6.08 Å². The third-order valence-electron chi connectivity index (χ3n) is 6.30. The maximum absolute atomic E-state index is 13.0. The fourth-order valence-corrected chi connectivity index (χ4v) is 4.41. The smallest absolute Gasteiger partial charge is 0.258 e. The van der Waals surface area contributed by atoms with Crippen molar-refractivity contribution in [3.63, 3.8) is 0 Å². The summed E-state index contributed by atoms with van der Waals surface area (Å²) in [6, 6.07) is 10.1. The Kier molecular flexibility index (Phi) is 5.02. The van der Waals surface area contributed by atoms with E-state index in [1.54, 1.807) is 24.7 Å². The fourth-order valence-electron chi connectivity index (χ4n) is 4.41. The lowest BCUT2D eigenvalue weighted by molar-refractivity contribution is 0.291. The molecular formula is C25H27N3O3. The number of hydrogen-bond acceptors (Lipinski definition) is 5. The van der Waals surface area contributed by atoms with Crippen molar-refractivity contribution in [2.75, 3.05) is 27.3 Å². The zero-order valence-corrected chi connectivity index (χ0v) is 18.2. The fraction of sp³-hybridized carbons (Fsp3) is 0.360. The molecule has 1 aromatic carbocycles. The highest BCUT2D eigenvalue weighted by Crippen LogP contribution is 2.33. The second kappa shape index (κ2) is 7.85. The monoisotopic (exact) mass is 417 g/mol. The first kappa shape index (κ1) is 19.8. The van der Waals surface area contributed by atoms with E-state index in [-0.39, 0.29) is 5.56 Å². The Morgan fingerprint density at radius 1 is 1.03 bits per heavy atom. The number of benzene rings is 1. The van der Waals surface area contributed by atoms with E-state index in [1.165, 1.54) is 18.4 Å². The Bertz CT molecular complexity index is 1240. The van der Waals surface area contributed by atoms with Gasteiger partial charge in [0, 0.05) is 37.0 Å². The molecule has 3 aromatic rings. The number of ether oxygens (including phenoxy) is 2. The Hall–Kier alpha value is -3.12. The molecule has 2 aliphatic rings. The first-order valence-electron chi connectivity index (χ1n) is 10.8. The summed E-state index contributed by atoms with van der Waals surface area (Å²) < 4.78 is 12.4. The Morgan fingerprint density at radius 3 is 2.52 bits per heavy atom. The van der Waals surface area contributed by atoms with Gasteiger partial charge in [-0.25, -0.2) is 4.98 Å². The number of methoxy groups -OCH3 is 2. The lowest BCUT2D eigenvalue weighted by Gasteiger charge is -2.26. The van der Waals surface area contributed by atoms with Crippen LogP contribution in [0.4, 0.5) is 0 Å². The van der Waals surface area contributed by atoms with E-state index in [0.717, 1.165) is 42.2 Å². The molecule has 31 heavy (non-hydrogen) atoms. The molecule has 0 N–H and O–H groups in total. The summed E-state index contributed by atoms with van der Waals surface area (Å²) in [4.78, 5) is 20.4. The van der Waals surface area contributed by atoms with Gasteiger partial charge in [-0.15, -0.1) is 0 Å². The van der Waals surface area contributed by atoms with Gasteiger partial charge in [0.1, 0.15) is 5.65 Å². The van der Waals surface area contributed by atoms with Crippen LogP contribution in [0.5, 0.6) is 11.5 Å². The highest BCUT2D eigenvalue weighted by Gasteiger charge is 2.29. The summed E-state index contributed by atoms with van der Waals surface area (Å²) in [5.74, 6) is 1.25. The molecule has 0 saturated heterocycles. The molecule has 1 aliphatic carbocycles. The first-order valence-corrected chi connectivity index (χ1v) is 10.8. The van der Waals surface area contributed by atoms with Gasteiger partial charge in [-0.3, -0.25) is 14.1 Å². The van der Waals surface area contributed by atoms with E-state index < -0.39 is 0 Å². The van der Waals surface area contributed by atoms with Crippen LogP contribution in [-0.2, 0) is 0 Å². The van der Waals surface area contributed by atoms with Gasteiger partial charge < -0.3 is 9.47 Å². The zero-order chi connectivity index (χ0) is 21.5. The van der Waals surface area contributed by atoms with Crippen LogP contribution in [0.2, 0.25) is 0 Å². The van der Waals surface area contributed by atoms with Gasteiger partial charge in [-0.2, -0.15) is 0 Å². The third-order valence-corrected chi connectivity index (χ3v) is 6.30. The van der Waals surface area contributed by atoms with Crippen LogP contribution < -0.4 is 15.0 Å². The van der Waals surface area contributed by atoms with Crippen LogP contribution in [0.1, 0.15) is 30.4 Å². The van der Waals surface area contributed by atoms with Crippen LogP contribution in [-0.4, -0.2) is 47.6 Å². The molecule has 0 spiro atoms. The van der Waals surface area contributed by atoms with Crippen molar-refractivity contribution in [2.24, 2.45) is 0 Å². The van der Waals surface area contributed by atoms with Crippen LogP contribution >= 0.6 is 0 Å². The van der Waals surface area contributed by atoms with Crippen LogP contribution in [0.15, 0.2) is 47.4 Å². The largest absolute Gasteiger partial charge is 0.493 e. The van der Waals surface area contributed by atoms with Crippen LogP contribution in [0.25, 0.3) is 22.5 Å². The predicted octanol–water partition coefficient (Wildman–Crippen LogP) is 3.94. The van der Waals surface area contributed by atoms with Gasteiger partial charge in [0.25, 0.3) is 5.56 Å². The minimum Gasteiger partial charge on any atom is -0.493 e. The number of hydrogen-bond donors (Lipinski definition) is 0. The Morgan fingerprint density at radius 2 is 1.84 bits per heavy atom. The zero-order valence-electron chi connectivity index (χ0n) is 18.2. The average molecular weight is 418 g/mol. The number of nitrogens with zero attached hydrogens (tertiary/aromatic N) is 3. The van der Waals surface area contributed by atoms with E-state index in [9.17, 15) is 4.79 Å². The topological polar surface area (TPSA) is 56.1 Å². The number of aryl methyl sites for hydroxylation is 1. The standard InChI is InChI=1S/C25H27N3O3/c1-16-12-19(17-8-10-27(11-9-17)20-5-6-20)15-28-24(29)14-21(26-25(16)28)18-4-7-22(30-2)23(13-18)31-3/h4,7-8,12-15,20H,5-6,9-11H2,1-3H3. The van der Waals surface area contributed by atoms with Crippen molar-refractivity contribution >= 4 is 11.2 Å². The van der Waals surface area contributed by atoms with Gasteiger partial charge >= 0.3 is 0 Å². The average Bonchev–Trinajstić information content (AvgIpc) is 3.64. The molecule has 1 aliphatic heterocycles. The highest BCUT2D eigenvalue weighted by molar-refractivity contribution is 5.70. The molecule has 3 heterocycles. The molecule has 0 bridgehead atoms. The SMILES string of the molecule is COc1ccc(-c2cc(=O)n3cc(C4=CCN(C5CC5)CC4)cc(C)c3n2)cc1OC. The molecule has 6 nitrogen and oxygen atoms in total. The first-order chi connectivity index (χ1) is 15.1. The Labute approximate surface area is 181 Å². The second-order valence-electron chi connectivity index (χ2n) is 8.36. The van der Waals surface area contributed by atoms with Crippen LogP contribution in [0, 0.1) is 6.92 Å². The molecule has 1 saturated carbocycles. The lowest BCUT2D eigenvalue weighted by Crippen LogP contribution is -2.30. The molecule has 0 radical (unpaired) electrons. The second-order valence-corrected chi connectivity index (χ2v) is 8.36. The molecule has 1 fully saturated rings. The molecule has 160 valence electrons. The number of aromatic nitrogens is 2. The maximum Gasteiger partial charge on any atom is 0.258 e. The van der Waals surface area contributed by atoms with E-state index >= 15 is 0 Å². The summed E-state index contributed by atoms with van der Waals surface area (Å²) >= 11 is 0.